The van der Waals surface area contributed by atoms with Gasteiger partial charge in [-0.05, 0) is 6.07 Å². The fourth-order valence-corrected chi connectivity index (χ4v) is 1.32. The van der Waals surface area contributed by atoms with Gasteiger partial charge in [0.05, 0.1) is 5.69 Å². The largest absolute Gasteiger partial charge is 0.270 e. The lowest BCUT2D eigenvalue weighted by molar-refractivity contribution is 1.03. The molecule has 2 rings (SSSR count). The Labute approximate surface area is 70.2 Å². The molecule has 1 heterocycles. The minimum absolute atomic E-state index is 0.540. The second-order valence-corrected chi connectivity index (χ2v) is 2.78. The summed E-state index contributed by atoms with van der Waals surface area (Å²) in [5.41, 5.74) is 2.11. The molecule has 0 unspecified atom stereocenters. The molecule has 0 radical (unpaired) electrons. The second-order valence-electron chi connectivity index (χ2n) is 2.37. The molecular weight excluding hydrogens is 160 g/mol. The Hall–Kier alpha value is -1.02. The molecule has 0 aliphatic carbocycles. The number of para-hydroxylation sites is 1. The first-order valence-corrected chi connectivity index (χ1v) is 3.74. The highest BCUT2D eigenvalue weighted by atomic mass is 35.5. The van der Waals surface area contributed by atoms with E-state index < -0.39 is 0 Å². The lowest BCUT2D eigenvalue weighted by Gasteiger charge is -2.18. The van der Waals surface area contributed by atoms with Gasteiger partial charge in [-0.3, -0.25) is 9.41 Å². The third kappa shape index (κ3) is 1.10. The van der Waals surface area contributed by atoms with Crippen LogP contribution in [-0.2, 0) is 0 Å². The predicted octanol–water partition coefficient (Wildman–Crippen LogP) is 2.04. The van der Waals surface area contributed by atoms with Crippen molar-refractivity contribution in [3.05, 3.63) is 29.8 Å². The standard InChI is InChI=1S/C8H7ClN2/c9-11-6-10-5-7-3-1-2-4-8(7)11/h1-5H,6H2. The zero-order chi connectivity index (χ0) is 7.68. The molecule has 0 fully saturated rings. The monoisotopic (exact) mass is 166 g/mol. The Morgan fingerprint density at radius 3 is 3.00 bits per heavy atom. The molecule has 11 heavy (non-hydrogen) atoms. The van der Waals surface area contributed by atoms with Gasteiger partial charge in [-0.1, -0.05) is 18.2 Å². The highest BCUT2D eigenvalue weighted by Crippen LogP contribution is 2.22. The van der Waals surface area contributed by atoms with Crippen LogP contribution in [0.2, 0.25) is 0 Å². The number of nitrogens with zero attached hydrogens (tertiary/aromatic N) is 2. The van der Waals surface area contributed by atoms with E-state index in [0.29, 0.717) is 6.67 Å². The van der Waals surface area contributed by atoms with E-state index in [-0.39, 0.29) is 0 Å². The second kappa shape index (κ2) is 2.55. The van der Waals surface area contributed by atoms with Crippen LogP contribution in [0.4, 0.5) is 5.69 Å². The fraction of sp³-hybridized carbons (Fsp3) is 0.125. The number of anilines is 1. The summed E-state index contributed by atoms with van der Waals surface area (Å²) in [5.74, 6) is 0. The molecule has 0 amide bonds. The molecule has 1 aliphatic rings. The topological polar surface area (TPSA) is 15.6 Å². The molecule has 0 bridgehead atoms. The van der Waals surface area contributed by atoms with Gasteiger partial charge in [0, 0.05) is 23.6 Å². The predicted molar refractivity (Wildman–Crippen MR) is 47.2 cm³/mol. The molecule has 0 saturated heterocycles. The SMILES string of the molecule is ClN1CN=Cc2ccccc21. The average molecular weight is 167 g/mol. The maximum Gasteiger partial charge on any atom is 0.125 e. The third-order valence-electron chi connectivity index (χ3n) is 1.63. The van der Waals surface area contributed by atoms with Gasteiger partial charge < -0.3 is 0 Å². The van der Waals surface area contributed by atoms with Gasteiger partial charge in [-0.25, -0.2) is 0 Å². The van der Waals surface area contributed by atoms with Gasteiger partial charge in [0.1, 0.15) is 6.67 Å². The maximum atomic E-state index is 5.87. The van der Waals surface area contributed by atoms with Crippen molar-refractivity contribution >= 4 is 23.7 Å². The molecular formula is C8H7ClN2. The Balaban J connectivity index is 2.54. The van der Waals surface area contributed by atoms with E-state index in [9.17, 15) is 0 Å². The normalized spacial score (nSPS) is 14.8. The van der Waals surface area contributed by atoms with Crippen LogP contribution in [0, 0.1) is 0 Å². The van der Waals surface area contributed by atoms with E-state index in [2.05, 4.69) is 4.99 Å². The van der Waals surface area contributed by atoms with Crippen LogP contribution in [0.25, 0.3) is 0 Å². The summed E-state index contributed by atoms with van der Waals surface area (Å²) in [6.07, 6.45) is 1.84. The van der Waals surface area contributed by atoms with Gasteiger partial charge in [-0.2, -0.15) is 0 Å². The van der Waals surface area contributed by atoms with Crippen LogP contribution in [0.1, 0.15) is 5.56 Å². The van der Waals surface area contributed by atoms with E-state index >= 15 is 0 Å². The number of fused-ring (bicyclic) bond motifs is 1. The van der Waals surface area contributed by atoms with Gasteiger partial charge >= 0.3 is 0 Å². The van der Waals surface area contributed by atoms with E-state index in [4.69, 9.17) is 11.8 Å². The molecule has 1 aromatic carbocycles. The Bertz CT molecular complexity index is 296. The van der Waals surface area contributed by atoms with Crippen molar-refractivity contribution < 1.29 is 0 Å². The number of hydrogen-bond acceptors (Lipinski definition) is 2. The molecule has 3 heteroatoms. The van der Waals surface area contributed by atoms with E-state index in [0.717, 1.165) is 11.3 Å². The van der Waals surface area contributed by atoms with Crippen LogP contribution in [0.15, 0.2) is 29.3 Å². The van der Waals surface area contributed by atoms with Crippen molar-refractivity contribution in [2.45, 2.75) is 0 Å². The molecule has 0 spiro atoms. The van der Waals surface area contributed by atoms with Gasteiger partial charge in [0.25, 0.3) is 0 Å². The van der Waals surface area contributed by atoms with E-state index in [1.165, 1.54) is 0 Å². The molecule has 56 valence electrons. The molecule has 0 N–H and O–H groups in total. The molecule has 1 aromatic rings. The molecule has 2 nitrogen and oxygen atoms in total. The number of hydrogen-bond donors (Lipinski definition) is 0. The van der Waals surface area contributed by atoms with Crippen molar-refractivity contribution in [3.8, 4) is 0 Å². The number of halogens is 1. The van der Waals surface area contributed by atoms with Crippen molar-refractivity contribution in [3.63, 3.8) is 0 Å². The summed E-state index contributed by atoms with van der Waals surface area (Å²) >= 11 is 5.87. The van der Waals surface area contributed by atoms with E-state index in [1.54, 1.807) is 4.42 Å². The molecule has 0 atom stereocenters. The Morgan fingerprint density at radius 1 is 1.36 bits per heavy atom. The van der Waals surface area contributed by atoms with E-state index in [1.807, 2.05) is 30.5 Å². The minimum Gasteiger partial charge on any atom is -0.270 e. The van der Waals surface area contributed by atoms with Crippen LogP contribution in [0.5, 0.6) is 0 Å². The lowest BCUT2D eigenvalue weighted by Crippen LogP contribution is -2.15. The number of rotatable bonds is 0. The average Bonchev–Trinajstić information content (AvgIpc) is 2.06. The third-order valence-corrected chi connectivity index (χ3v) is 1.92. The smallest absolute Gasteiger partial charge is 0.125 e. The molecule has 1 aliphatic heterocycles. The summed E-state index contributed by atoms with van der Waals surface area (Å²) in [7, 11) is 0. The zero-order valence-corrected chi connectivity index (χ0v) is 6.62. The van der Waals surface area contributed by atoms with Gasteiger partial charge in [0.15, 0.2) is 0 Å². The maximum absolute atomic E-state index is 5.87. The van der Waals surface area contributed by atoms with Crippen molar-refractivity contribution in [1.29, 1.82) is 0 Å². The molecule has 0 saturated carbocycles. The van der Waals surface area contributed by atoms with Crippen LogP contribution < -0.4 is 4.42 Å². The highest BCUT2D eigenvalue weighted by molar-refractivity contribution is 6.27. The first-order chi connectivity index (χ1) is 5.38. The first-order valence-electron chi connectivity index (χ1n) is 3.40. The van der Waals surface area contributed by atoms with Crippen molar-refractivity contribution in [2.24, 2.45) is 4.99 Å². The summed E-state index contributed by atoms with van der Waals surface area (Å²) in [5, 5.41) is 0. The number of benzene rings is 1. The van der Waals surface area contributed by atoms with Crippen LogP contribution in [-0.4, -0.2) is 12.9 Å². The summed E-state index contributed by atoms with van der Waals surface area (Å²) < 4.78 is 1.61. The lowest BCUT2D eigenvalue weighted by atomic mass is 10.2. The Morgan fingerprint density at radius 2 is 2.18 bits per heavy atom. The highest BCUT2D eigenvalue weighted by Gasteiger charge is 2.09. The van der Waals surface area contributed by atoms with Gasteiger partial charge in [-0.15, -0.1) is 0 Å². The summed E-state index contributed by atoms with van der Waals surface area (Å²) in [4.78, 5) is 4.07. The summed E-state index contributed by atoms with van der Waals surface area (Å²) in [6.45, 7) is 0.540. The van der Waals surface area contributed by atoms with Crippen LogP contribution in [0.3, 0.4) is 0 Å². The molecule has 0 aromatic heterocycles. The number of aliphatic imine (C=N–C) groups is 1. The first kappa shape index (κ1) is 6.68. The zero-order valence-electron chi connectivity index (χ0n) is 5.87. The van der Waals surface area contributed by atoms with Crippen LogP contribution >= 0.6 is 11.8 Å². The summed E-state index contributed by atoms with van der Waals surface area (Å²) in [6, 6.07) is 7.91. The quantitative estimate of drug-likeness (QED) is 0.539. The van der Waals surface area contributed by atoms with Crippen molar-refractivity contribution in [1.82, 2.24) is 0 Å². The fourth-order valence-electron chi connectivity index (χ4n) is 1.10. The Kier molecular flexibility index (Phi) is 1.55. The van der Waals surface area contributed by atoms with Gasteiger partial charge in [0.2, 0.25) is 0 Å². The van der Waals surface area contributed by atoms with Crippen molar-refractivity contribution in [2.75, 3.05) is 11.1 Å². The minimum atomic E-state index is 0.540.